The van der Waals surface area contributed by atoms with Crippen molar-refractivity contribution < 1.29 is 4.79 Å². The van der Waals surface area contributed by atoms with Gasteiger partial charge in [-0.05, 0) is 30.1 Å². The normalized spacial score (nSPS) is 14.7. The third-order valence-electron chi connectivity index (χ3n) is 3.91. The van der Waals surface area contributed by atoms with Crippen LogP contribution in [0.4, 0.5) is 0 Å². The molecule has 1 fully saturated rings. The largest absolute Gasteiger partial charge is 0.345 e. The van der Waals surface area contributed by atoms with Gasteiger partial charge in [-0.25, -0.2) is 0 Å². The van der Waals surface area contributed by atoms with E-state index < -0.39 is 0 Å². The molecular weight excluding hydrogens is 260 g/mol. The van der Waals surface area contributed by atoms with Crippen molar-refractivity contribution in [2.24, 2.45) is 5.92 Å². The van der Waals surface area contributed by atoms with Crippen molar-refractivity contribution in [1.29, 1.82) is 0 Å². The van der Waals surface area contributed by atoms with Crippen molar-refractivity contribution in [2.75, 3.05) is 13.1 Å². The molecule has 0 spiro atoms. The van der Waals surface area contributed by atoms with Gasteiger partial charge in [0.25, 0.3) is 0 Å². The fourth-order valence-electron chi connectivity index (χ4n) is 2.62. The smallest absolute Gasteiger partial charge is 0.221 e. The first-order chi connectivity index (χ1) is 10.3. The van der Waals surface area contributed by atoms with Crippen LogP contribution in [-0.4, -0.2) is 19.0 Å². The minimum absolute atomic E-state index is 0.0760. The maximum atomic E-state index is 12.3. The predicted octanol–water partition coefficient (Wildman–Crippen LogP) is 2.50. The molecule has 0 atom stereocenters. The molecule has 3 rings (SSSR count). The van der Waals surface area contributed by atoms with Gasteiger partial charge in [0.1, 0.15) is 0 Å². The Morgan fingerprint density at radius 2 is 1.52 bits per heavy atom. The van der Waals surface area contributed by atoms with Crippen LogP contribution >= 0.6 is 0 Å². The summed E-state index contributed by atoms with van der Waals surface area (Å²) in [5.41, 5.74) is 2.23. The molecule has 3 heteroatoms. The van der Waals surface area contributed by atoms with Gasteiger partial charge in [0, 0.05) is 6.42 Å². The molecule has 0 aromatic heterocycles. The summed E-state index contributed by atoms with van der Waals surface area (Å²) in [6.07, 6.45) is 0.600. The van der Waals surface area contributed by atoms with E-state index in [2.05, 4.69) is 34.9 Å². The molecule has 0 bridgehead atoms. The van der Waals surface area contributed by atoms with Crippen molar-refractivity contribution in [2.45, 2.75) is 12.5 Å². The standard InChI is InChI=1S/C18H20N2O/c21-17(11-14-12-19-13-14)20-18(15-7-3-1-4-8-15)16-9-5-2-6-10-16/h1-10,14,18-19H,11-13H2,(H,20,21). The Morgan fingerprint density at radius 1 is 1.00 bits per heavy atom. The van der Waals surface area contributed by atoms with Gasteiger partial charge < -0.3 is 10.6 Å². The van der Waals surface area contributed by atoms with Crippen molar-refractivity contribution >= 4 is 5.91 Å². The zero-order chi connectivity index (χ0) is 14.5. The molecule has 1 aliphatic rings. The van der Waals surface area contributed by atoms with Crippen LogP contribution in [0, 0.1) is 5.92 Å². The van der Waals surface area contributed by atoms with Gasteiger partial charge in [-0.1, -0.05) is 60.7 Å². The summed E-state index contributed by atoms with van der Waals surface area (Å²) in [4.78, 5) is 12.3. The Bertz CT molecular complexity index is 539. The highest BCUT2D eigenvalue weighted by atomic mass is 16.1. The lowest BCUT2D eigenvalue weighted by Gasteiger charge is -2.27. The molecular formula is C18H20N2O. The second kappa shape index (κ2) is 6.55. The van der Waals surface area contributed by atoms with E-state index >= 15 is 0 Å². The second-order valence-corrected chi connectivity index (χ2v) is 5.55. The van der Waals surface area contributed by atoms with Crippen LogP contribution in [0.2, 0.25) is 0 Å². The van der Waals surface area contributed by atoms with E-state index in [1.165, 1.54) is 0 Å². The number of carbonyl (C=O) groups is 1. The molecule has 1 aliphatic heterocycles. The van der Waals surface area contributed by atoms with Crippen molar-refractivity contribution in [3.8, 4) is 0 Å². The Morgan fingerprint density at radius 3 is 1.95 bits per heavy atom. The highest BCUT2D eigenvalue weighted by Gasteiger charge is 2.22. The Labute approximate surface area is 125 Å². The van der Waals surface area contributed by atoms with Crippen LogP contribution in [0.3, 0.4) is 0 Å². The molecule has 2 N–H and O–H groups in total. The number of hydrogen-bond donors (Lipinski definition) is 2. The topological polar surface area (TPSA) is 41.1 Å². The molecule has 21 heavy (non-hydrogen) atoms. The van der Waals surface area contributed by atoms with E-state index in [9.17, 15) is 4.79 Å². The summed E-state index contributed by atoms with van der Waals surface area (Å²) >= 11 is 0. The summed E-state index contributed by atoms with van der Waals surface area (Å²) in [6, 6.07) is 20.2. The van der Waals surface area contributed by atoms with E-state index in [4.69, 9.17) is 0 Å². The molecule has 108 valence electrons. The summed E-state index contributed by atoms with van der Waals surface area (Å²) in [5, 5.41) is 6.39. The third-order valence-corrected chi connectivity index (χ3v) is 3.91. The number of amides is 1. The van der Waals surface area contributed by atoms with Crippen LogP contribution in [0.15, 0.2) is 60.7 Å². The lowest BCUT2D eigenvalue weighted by Crippen LogP contribution is -2.45. The zero-order valence-electron chi connectivity index (χ0n) is 12.0. The van der Waals surface area contributed by atoms with Gasteiger partial charge in [-0.15, -0.1) is 0 Å². The first kappa shape index (κ1) is 13.8. The highest BCUT2D eigenvalue weighted by molar-refractivity contribution is 5.77. The van der Waals surface area contributed by atoms with E-state index in [0.717, 1.165) is 24.2 Å². The van der Waals surface area contributed by atoms with Gasteiger partial charge >= 0.3 is 0 Å². The van der Waals surface area contributed by atoms with Crippen molar-refractivity contribution in [1.82, 2.24) is 10.6 Å². The van der Waals surface area contributed by atoms with Crippen LogP contribution in [0.5, 0.6) is 0 Å². The Hall–Kier alpha value is -2.13. The van der Waals surface area contributed by atoms with E-state index in [-0.39, 0.29) is 11.9 Å². The Kier molecular flexibility index (Phi) is 4.31. The number of rotatable bonds is 5. The molecule has 1 heterocycles. The van der Waals surface area contributed by atoms with E-state index in [1.807, 2.05) is 36.4 Å². The molecule has 1 saturated heterocycles. The van der Waals surface area contributed by atoms with Crippen LogP contribution < -0.4 is 10.6 Å². The molecule has 2 aromatic rings. The summed E-state index contributed by atoms with van der Waals surface area (Å²) in [6.45, 7) is 1.91. The number of hydrogen-bond acceptors (Lipinski definition) is 2. The zero-order valence-corrected chi connectivity index (χ0v) is 12.0. The maximum absolute atomic E-state index is 12.3. The predicted molar refractivity (Wildman–Crippen MR) is 83.8 cm³/mol. The van der Waals surface area contributed by atoms with E-state index in [0.29, 0.717) is 12.3 Å². The SMILES string of the molecule is O=C(CC1CNC1)NC(c1ccccc1)c1ccccc1. The summed E-state index contributed by atoms with van der Waals surface area (Å²) in [7, 11) is 0. The lowest BCUT2D eigenvalue weighted by molar-refractivity contribution is -0.122. The highest BCUT2D eigenvalue weighted by Crippen LogP contribution is 2.22. The fraction of sp³-hybridized carbons (Fsp3) is 0.278. The monoisotopic (exact) mass is 280 g/mol. The van der Waals surface area contributed by atoms with Crippen molar-refractivity contribution in [3.05, 3.63) is 71.8 Å². The molecule has 1 amide bonds. The Balaban J connectivity index is 1.77. The third kappa shape index (κ3) is 3.50. The van der Waals surface area contributed by atoms with Gasteiger partial charge in [-0.3, -0.25) is 4.79 Å². The van der Waals surface area contributed by atoms with E-state index in [1.54, 1.807) is 0 Å². The molecule has 0 unspecified atom stereocenters. The van der Waals surface area contributed by atoms with Crippen molar-refractivity contribution in [3.63, 3.8) is 0 Å². The van der Waals surface area contributed by atoms with Gasteiger partial charge in [0.05, 0.1) is 6.04 Å². The average Bonchev–Trinajstić information content (AvgIpc) is 2.50. The van der Waals surface area contributed by atoms with Crippen LogP contribution in [0.1, 0.15) is 23.6 Å². The number of nitrogens with one attached hydrogen (secondary N) is 2. The number of carbonyl (C=O) groups excluding carboxylic acids is 1. The summed E-state index contributed by atoms with van der Waals surface area (Å²) < 4.78 is 0. The molecule has 2 aromatic carbocycles. The van der Waals surface area contributed by atoms with Crippen LogP contribution in [0.25, 0.3) is 0 Å². The molecule has 0 aliphatic carbocycles. The summed E-state index contributed by atoms with van der Waals surface area (Å²) in [5.74, 6) is 0.608. The molecule has 3 nitrogen and oxygen atoms in total. The average molecular weight is 280 g/mol. The fourth-order valence-corrected chi connectivity index (χ4v) is 2.62. The van der Waals surface area contributed by atoms with Crippen LogP contribution in [-0.2, 0) is 4.79 Å². The second-order valence-electron chi connectivity index (χ2n) is 5.55. The minimum atomic E-state index is -0.0760. The quantitative estimate of drug-likeness (QED) is 0.883. The first-order valence-electron chi connectivity index (χ1n) is 7.43. The van der Waals surface area contributed by atoms with Gasteiger partial charge in [-0.2, -0.15) is 0 Å². The lowest BCUT2D eigenvalue weighted by atomic mass is 9.96. The maximum Gasteiger partial charge on any atom is 0.221 e. The number of benzene rings is 2. The molecule has 0 saturated carbocycles. The minimum Gasteiger partial charge on any atom is -0.345 e. The first-order valence-corrected chi connectivity index (χ1v) is 7.43. The van der Waals surface area contributed by atoms with Gasteiger partial charge in [0.2, 0.25) is 5.91 Å². The van der Waals surface area contributed by atoms with Gasteiger partial charge in [0.15, 0.2) is 0 Å². The molecule has 0 radical (unpaired) electrons.